The van der Waals surface area contributed by atoms with Crippen molar-refractivity contribution in [2.75, 3.05) is 5.43 Å². The Morgan fingerprint density at radius 3 is 2.89 bits per heavy atom. The van der Waals surface area contributed by atoms with Crippen LogP contribution in [-0.4, -0.2) is 27.0 Å². The normalized spacial score (nSPS) is 24.4. The zero-order chi connectivity index (χ0) is 13.1. The molecular formula is C13H23N5. The average molecular weight is 249 g/mol. The topological polar surface area (TPSA) is 67.1 Å². The van der Waals surface area contributed by atoms with Crippen LogP contribution >= 0.6 is 0 Å². The van der Waals surface area contributed by atoms with Crippen LogP contribution in [0.5, 0.6) is 0 Å². The summed E-state index contributed by atoms with van der Waals surface area (Å²) in [5, 5.41) is 0. The fourth-order valence-corrected chi connectivity index (χ4v) is 2.79. The maximum atomic E-state index is 5.42. The molecule has 0 bridgehead atoms. The fraction of sp³-hybridized carbons (Fsp3) is 0.692. The van der Waals surface area contributed by atoms with Gasteiger partial charge < -0.3 is 5.43 Å². The van der Waals surface area contributed by atoms with E-state index in [4.69, 9.17) is 5.84 Å². The maximum Gasteiger partial charge on any atom is 0.145 e. The van der Waals surface area contributed by atoms with Gasteiger partial charge in [-0.25, -0.2) is 15.8 Å². The van der Waals surface area contributed by atoms with E-state index in [9.17, 15) is 0 Å². The zero-order valence-corrected chi connectivity index (χ0v) is 11.5. The number of nitrogen functional groups attached to an aromatic ring is 1. The molecule has 2 heterocycles. The Morgan fingerprint density at radius 1 is 1.44 bits per heavy atom. The van der Waals surface area contributed by atoms with Crippen molar-refractivity contribution in [2.24, 2.45) is 5.84 Å². The van der Waals surface area contributed by atoms with Gasteiger partial charge in [0.1, 0.15) is 11.6 Å². The molecular weight excluding hydrogens is 226 g/mol. The van der Waals surface area contributed by atoms with E-state index in [1.165, 1.54) is 19.3 Å². The molecule has 0 spiro atoms. The molecule has 18 heavy (non-hydrogen) atoms. The predicted molar refractivity (Wildman–Crippen MR) is 72.9 cm³/mol. The van der Waals surface area contributed by atoms with E-state index in [1.807, 2.05) is 13.0 Å². The number of hydrazine groups is 1. The van der Waals surface area contributed by atoms with Gasteiger partial charge in [-0.3, -0.25) is 4.90 Å². The molecule has 5 heteroatoms. The van der Waals surface area contributed by atoms with Crippen LogP contribution in [0, 0.1) is 6.92 Å². The summed E-state index contributed by atoms with van der Waals surface area (Å²) in [6.07, 6.45) is 3.75. The fourth-order valence-electron chi connectivity index (χ4n) is 2.79. The Balaban J connectivity index is 2.15. The number of nitrogens with two attached hydrogens (primary N) is 1. The van der Waals surface area contributed by atoms with E-state index in [1.54, 1.807) is 0 Å². The predicted octanol–water partition coefficient (Wildman–Crippen LogP) is 1.83. The lowest BCUT2D eigenvalue weighted by atomic mass is 10.1. The Kier molecular flexibility index (Phi) is 4.14. The van der Waals surface area contributed by atoms with Crippen LogP contribution < -0.4 is 11.3 Å². The molecule has 2 atom stereocenters. The number of nitrogens with zero attached hydrogens (tertiary/aromatic N) is 3. The molecule has 0 radical (unpaired) electrons. The van der Waals surface area contributed by atoms with Crippen molar-refractivity contribution in [3.63, 3.8) is 0 Å². The Labute approximate surface area is 109 Å². The summed E-state index contributed by atoms with van der Waals surface area (Å²) in [6, 6.07) is 3.14. The van der Waals surface area contributed by atoms with Gasteiger partial charge in [-0.15, -0.1) is 0 Å². The van der Waals surface area contributed by atoms with Gasteiger partial charge in [-0.1, -0.05) is 6.92 Å². The van der Waals surface area contributed by atoms with Crippen molar-refractivity contribution >= 4 is 5.82 Å². The largest absolute Gasteiger partial charge is 0.308 e. The summed E-state index contributed by atoms with van der Waals surface area (Å²) in [4.78, 5) is 11.4. The number of rotatable bonds is 4. The quantitative estimate of drug-likeness (QED) is 0.629. The first-order chi connectivity index (χ1) is 8.63. The molecule has 1 aliphatic rings. The standard InChI is InChI=1S/C13H23N5/c1-4-11-6-5-10(3)18(11)8-13-15-9(2)7-12(16-13)17-14/h7,10-11H,4-6,8,14H2,1-3H3,(H,15,16,17). The molecule has 1 saturated heterocycles. The van der Waals surface area contributed by atoms with Gasteiger partial charge in [0.05, 0.1) is 6.54 Å². The van der Waals surface area contributed by atoms with Crippen LogP contribution in [0.25, 0.3) is 0 Å². The Hall–Kier alpha value is -1.20. The highest BCUT2D eigenvalue weighted by Gasteiger charge is 2.29. The molecule has 1 aromatic heterocycles. The van der Waals surface area contributed by atoms with E-state index in [0.29, 0.717) is 17.9 Å². The number of anilines is 1. The van der Waals surface area contributed by atoms with E-state index in [0.717, 1.165) is 18.1 Å². The molecule has 0 saturated carbocycles. The molecule has 0 amide bonds. The van der Waals surface area contributed by atoms with Gasteiger partial charge in [0.25, 0.3) is 0 Å². The summed E-state index contributed by atoms with van der Waals surface area (Å²) >= 11 is 0. The van der Waals surface area contributed by atoms with Crippen molar-refractivity contribution in [1.82, 2.24) is 14.9 Å². The van der Waals surface area contributed by atoms with Gasteiger partial charge in [-0.05, 0) is 33.1 Å². The lowest BCUT2D eigenvalue weighted by Gasteiger charge is -2.26. The first-order valence-electron chi connectivity index (χ1n) is 6.71. The van der Waals surface area contributed by atoms with E-state index >= 15 is 0 Å². The van der Waals surface area contributed by atoms with Crippen LogP contribution in [0.4, 0.5) is 5.82 Å². The average Bonchev–Trinajstić information content (AvgIpc) is 2.70. The van der Waals surface area contributed by atoms with Gasteiger partial charge in [0.2, 0.25) is 0 Å². The summed E-state index contributed by atoms with van der Waals surface area (Å²) in [5.74, 6) is 6.97. The zero-order valence-electron chi connectivity index (χ0n) is 11.5. The number of nitrogens with one attached hydrogen (secondary N) is 1. The molecule has 100 valence electrons. The lowest BCUT2D eigenvalue weighted by molar-refractivity contribution is 0.185. The SMILES string of the molecule is CCC1CCC(C)N1Cc1nc(C)cc(NN)n1. The summed E-state index contributed by atoms with van der Waals surface area (Å²) in [5.41, 5.74) is 3.55. The lowest BCUT2D eigenvalue weighted by Crippen LogP contribution is -2.34. The van der Waals surface area contributed by atoms with E-state index < -0.39 is 0 Å². The van der Waals surface area contributed by atoms with Crippen LogP contribution in [0.3, 0.4) is 0 Å². The molecule has 2 rings (SSSR count). The van der Waals surface area contributed by atoms with Crippen LogP contribution in [0.2, 0.25) is 0 Å². The van der Waals surface area contributed by atoms with Gasteiger partial charge in [0.15, 0.2) is 0 Å². The third-order valence-corrected chi connectivity index (χ3v) is 3.80. The molecule has 1 fully saturated rings. The highest BCUT2D eigenvalue weighted by Crippen LogP contribution is 2.27. The van der Waals surface area contributed by atoms with E-state index in [-0.39, 0.29) is 0 Å². The number of aryl methyl sites for hydroxylation is 1. The number of aromatic nitrogens is 2. The van der Waals surface area contributed by atoms with Crippen molar-refractivity contribution in [3.05, 3.63) is 17.6 Å². The number of hydrogen-bond acceptors (Lipinski definition) is 5. The van der Waals surface area contributed by atoms with Gasteiger partial charge in [-0.2, -0.15) is 0 Å². The second kappa shape index (κ2) is 5.63. The smallest absolute Gasteiger partial charge is 0.145 e. The first kappa shape index (κ1) is 13.2. The third-order valence-electron chi connectivity index (χ3n) is 3.80. The Morgan fingerprint density at radius 2 is 2.22 bits per heavy atom. The van der Waals surface area contributed by atoms with Crippen LogP contribution in [0.1, 0.15) is 44.6 Å². The molecule has 1 aromatic rings. The highest BCUT2D eigenvalue weighted by atomic mass is 15.3. The van der Waals surface area contributed by atoms with Crippen molar-refractivity contribution in [1.29, 1.82) is 0 Å². The van der Waals surface area contributed by atoms with Gasteiger partial charge >= 0.3 is 0 Å². The second-order valence-electron chi connectivity index (χ2n) is 5.12. The van der Waals surface area contributed by atoms with Crippen molar-refractivity contribution < 1.29 is 0 Å². The Bertz CT molecular complexity index is 406. The summed E-state index contributed by atoms with van der Waals surface area (Å²) in [6.45, 7) is 7.32. The monoisotopic (exact) mass is 249 g/mol. The molecule has 0 aromatic carbocycles. The minimum atomic E-state index is 0.619. The molecule has 2 unspecified atom stereocenters. The van der Waals surface area contributed by atoms with E-state index in [2.05, 4.69) is 34.1 Å². The molecule has 1 aliphatic heterocycles. The molecule has 3 N–H and O–H groups in total. The summed E-state index contributed by atoms with van der Waals surface area (Å²) < 4.78 is 0. The minimum Gasteiger partial charge on any atom is -0.308 e. The van der Waals surface area contributed by atoms with Crippen LogP contribution in [-0.2, 0) is 6.54 Å². The number of hydrogen-bond donors (Lipinski definition) is 2. The minimum absolute atomic E-state index is 0.619. The van der Waals surface area contributed by atoms with Crippen molar-refractivity contribution in [2.45, 2.75) is 58.7 Å². The summed E-state index contributed by atoms with van der Waals surface area (Å²) in [7, 11) is 0. The van der Waals surface area contributed by atoms with Gasteiger partial charge in [0, 0.05) is 23.8 Å². The van der Waals surface area contributed by atoms with Crippen molar-refractivity contribution in [3.8, 4) is 0 Å². The third kappa shape index (κ3) is 2.79. The molecule has 0 aliphatic carbocycles. The second-order valence-corrected chi connectivity index (χ2v) is 5.12. The molecule has 5 nitrogen and oxygen atoms in total. The van der Waals surface area contributed by atoms with Crippen LogP contribution in [0.15, 0.2) is 6.07 Å². The first-order valence-corrected chi connectivity index (χ1v) is 6.71. The maximum absolute atomic E-state index is 5.42. The highest BCUT2D eigenvalue weighted by molar-refractivity contribution is 5.33. The number of likely N-dealkylation sites (tertiary alicyclic amines) is 1.